The third-order valence-electron chi connectivity index (χ3n) is 6.92. The molecule has 0 saturated heterocycles. The highest BCUT2D eigenvalue weighted by Crippen LogP contribution is 2.38. The molecule has 7 aromatic rings. The van der Waals surface area contributed by atoms with Crippen LogP contribution >= 0.6 is 0 Å². The first-order valence-corrected chi connectivity index (χ1v) is 12.1. The molecule has 0 fully saturated rings. The number of aryl methyl sites for hydroxylation is 2. The molecule has 3 aromatic heterocycles. The lowest BCUT2D eigenvalue weighted by Gasteiger charge is -2.15. The Kier molecular flexibility index (Phi) is 4.55. The smallest absolute Gasteiger partial charge is 0.145 e. The maximum Gasteiger partial charge on any atom is 0.145 e. The second-order valence-corrected chi connectivity index (χ2v) is 9.24. The first-order valence-electron chi connectivity index (χ1n) is 12.1. The first kappa shape index (κ1) is 20.7. The van der Waals surface area contributed by atoms with Crippen LogP contribution in [0, 0.1) is 13.8 Å². The zero-order valence-electron chi connectivity index (χ0n) is 20.1. The minimum atomic E-state index is 0.870. The van der Waals surface area contributed by atoms with Crippen LogP contribution in [-0.2, 0) is 0 Å². The summed E-state index contributed by atoms with van der Waals surface area (Å²) in [6.45, 7) is 4.21. The molecule has 4 aromatic carbocycles. The quantitative estimate of drug-likeness (QED) is 0.264. The second kappa shape index (κ2) is 7.92. The Bertz CT molecular complexity index is 1910. The molecule has 4 heteroatoms. The number of fused-ring (bicyclic) bond motifs is 4. The van der Waals surface area contributed by atoms with Crippen molar-refractivity contribution in [3.63, 3.8) is 0 Å². The summed E-state index contributed by atoms with van der Waals surface area (Å²) in [5.74, 6) is 0.870. The molecule has 0 bridgehead atoms. The van der Waals surface area contributed by atoms with Crippen molar-refractivity contribution in [2.75, 3.05) is 0 Å². The minimum Gasteiger partial charge on any atom is -0.456 e. The monoisotopic (exact) mass is 465 g/mol. The number of hydrogen-bond donors (Lipinski definition) is 0. The van der Waals surface area contributed by atoms with Gasteiger partial charge in [-0.15, -0.1) is 0 Å². The van der Waals surface area contributed by atoms with E-state index in [0.717, 1.165) is 72.3 Å². The van der Waals surface area contributed by atoms with Crippen LogP contribution in [-0.4, -0.2) is 14.5 Å². The average molecular weight is 466 g/mol. The van der Waals surface area contributed by atoms with Gasteiger partial charge in [0.05, 0.1) is 22.9 Å². The lowest BCUT2D eigenvalue weighted by molar-refractivity contribution is 0.669. The van der Waals surface area contributed by atoms with E-state index >= 15 is 0 Å². The van der Waals surface area contributed by atoms with E-state index in [1.54, 1.807) is 0 Å². The van der Waals surface area contributed by atoms with Gasteiger partial charge in [-0.05, 0) is 54.8 Å². The van der Waals surface area contributed by atoms with Gasteiger partial charge in [0.25, 0.3) is 0 Å². The molecule has 0 radical (unpaired) electrons. The van der Waals surface area contributed by atoms with Gasteiger partial charge in [-0.2, -0.15) is 0 Å². The van der Waals surface area contributed by atoms with Gasteiger partial charge in [-0.25, -0.2) is 4.98 Å². The van der Waals surface area contributed by atoms with Crippen LogP contribution in [0.1, 0.15) is 11.1 Å². The fourth-order valence-electron chi connectivity index (χ4n) is 5.28. The Labute approximate surface area is 208 Å². The van der Waals surface area contributed by atoms with Crippen LogP contribution in [0.15, 0.2) is 108 Å². The molecule has 172 valence electrons. The molecule has 0 aliphatic heterocycles. The van der Waals surface area contributed by atoms with Crippen molar-refractivity contribution in [1.82, 2.24) is 14.5 Å². The van der Waals surface area contributed by atoms with E-state index in [2.05, 4.69) is 96.2 Å². The molecule has 0 spiro atoms. The van der Waals surface area contributed by atoms with E-state index in [1.165, 1.54) is 0 Å². The number of benzene rings is 4. The van der Waals surface area contributed by atoms with Crippen LogP contribution in [0.3, 0.4) is 0 Å². The van der Waals surface area contributed by atoms with Gasteiger partial charge in [0, 0.05) is 28.1 Å². The molecule has 0 atom stereocenters. The summed E-state index contributed by atoms with van der Waals surface area (Å²) in [5.41, 5.74) is 10.3. The van der Waals surface area contributed by atoms with Crippen molar-refractivity contribution in [2.45, 2.75) is 13.8 Å². The van der Waals surface area contributed by atoms with Gasteiger partial charge >= 0.3 is 0 Å². The molecular weight excluding hydrogens is 442 g/mol. The number of nitrogens with zero attached hydrogens (tertiary/aromatic N) is 3. The van der Waals surface area contributed by atoms with Crippen molar-refractivity contribution in [3.8, 4) is 28.2 Å². The van der Waals surface area contributed by atoms with E-state index in [0.29, 0.717) is 0 Å². The van der Waals surface area contributed by atoms with Crippen molar-refractivity contribution in [1.29, 1.82) is 0 Å². The topological polar surface area (TPSA) is 43.9 Å². The van der Waals surface area contributed by atoms with Crippen LogP contribution in [0.4, 0.5) is 0 Å². The summed E-state index contributed by atoms with van der Waals surface area (Å²) < 4.78 is 8.52. The third-order valence-corrected chi connectivity index (χ3v) is 6.92. The molecule has 7 rings (SSSR count). The summed E-state index contributed by atoms with van der Waals surface area (Å²) in [4.78, 5) is 9.70. The van der Waals surface area contributed by atoms with Gasteiger partial charge in [0.15, 0.2) is 0 Å². The molecule has 0 N–H and O–H groups in total. The number of hydrogen-bond acceptors (Lipinski definition) is 3. The maximum atomic E-state index is 6.28. The van der Waals surface area contributed by atoms with Crippen molar-refractivity contribution in [2.24, 2.45) is 0 Å². The highest BCUT2D eigenvalue weighted by atomic mass is 16.3. The zero-order chi connectivity index (χ0) is 24.2. The summed E-state index contributed by atoms with van der Waals surface area (Å²) in [7, 11) is 0. The minimum absolute atomic E-state index is 0.870. The molecule has 0 aliphatic rings. The van der Waals surface area contributed by atoms with E-state index in [1.807, 2.05) is 30.6 Å². The Morgan fingerprint density at radius 1 is 0.694 bits per heavy atom. The van der Waals surface area contributed by atoms with Gasteiger partial charge in [0.2, 0.25) is 0 Å². The SMILES string of the molecule is Cc1cncc2c1nc(-c1cc(C)c3c(c1)oc1ccccc13)n2-c1ccccc1-c1ccccc1. The van der Waals surface area contributed by atoms with E-state index in [4.69, 9.17) is 9.40 Å². The van der Waals surface area contributed by atoms with E-state index in [-0.39, 0.29) is 0 Å². The lowest BCUT2D eigenvalue weighted by Crippen LogP contribution is -2.00. The predicted octanol–water partition coefficient (Wildman–Crippen LogP) is 8.27. The highest BCUT2D eigenvalue weighted by Gasteiger charge is 2.20. The standard InChI is InChI=1S/C32H23N3O/c1-20-16-23(17-29-30(20)25-13-7-9-15-28(25)36-29)32-34-31-21(2)18-33-19-27(31)35(32)26-14-8-6-12-24(26)22-10-4-3-5-11-22/h3-19H,1-2H3. The lowest BCUT2D eigenvalue weighted by atomic mass is 10.0. The Morgan fingerprint density at radius 2 is 1.47 bits per heavy atom. The average Bonchev–Trinajstić information content (AvgIpc) is 3.49. The van der Waals surface area contributed by atoms with Crippen LogP contribution in [0.25, 0.3) is 61.2 Å². The van der Waals surface area contributed by atoms with Gasteiger partial charge in [-0.3, -0.25) is 9.55 Å². The Balaban J connectivity index is 1.56. The number of rotatable bonds is 3. The molecule has 0 saturated carbocycles. The zero-order valence-corrected chi connectivity index (χ0v) is 20.1. The molecule has 0 amide bonds. The van der Waals surface area contributed by atoms with Gasteiger partial charge in [-0.1, -0.05) is 66.7 Å². The normalized spacial score (nSPS) is 11.6. The summed E-state index contributed by atoms with van der Waals surface area (Å²) in [6.07, 6.45) is 3.79. The number of aromatic nitrogens is 3. The number of para-hydroxylation sites is 2. The highest BCUT2D eigenvalue weighted by molar-refractivity contribution is 6.07. The molecular formula is C32H23N3O. The fraction of sp³-hybridized carbons (Fsp3) is 0.0625. The number of imidazole rings is 1. The van der Waals surface area contributed by atoms with E-state index < -0.39 is 0 Å². The molecule has 3 heterocycles. The third kappa shape index (κ3) is 3.08. The summed E-state index contributed by atoms with van der Waals surface area (Å²) >= 11 is 0. The summed E-state index contributed by atoms with van der Waals surface area (Å²) in [5, 5.41) is 2.29. The van der Waals surface area contributed by atoms with Gasteiger partial charge < -0.3 is 4.42 Å². The Morgan fingerprint density at radius 3 is 2.36 bits per heavy atom. The number of pyridine rings is 1. The predicted molar refractivity (Wildman–Crippen MR) is 146 cm³/mol. The maximum absolute atomic E-state index is 6.28. The molecule has 0 aliphatic carbocycles. The van der Waals surface area contributed by atoms with Crippen LogP contribution in [0.5, 0.6) is 0 Å². The van der Waals surface area contributed by atoms with Crippen molar-refractivity contribution < 1.29 is 4.42 Å². The molecule has 4 nitrogen and oxygen atoms in total. The van der Waals surface area contributed by atoms with Gasteiger partial charge in [0.1, 0.15) is 17.0 Å². The van der Waals surface area contributed by atoms with E-state index in [9.17, 15) is 0 Å². The molecule has 0 unspecified atom stereocenters. The summed E-state index contributed by atoms with van der Waals surface area (Å²) in [6, 6.07) is 31.5. The van der Waals surface area contributed by atoms with Crippen molar-refractivity contribution in [3.05, 3.63) is 115 Å². The first-order chi connectivity index (χ1) is 17.7. The van der Waals surface area contributed by atoms with Crippen molar-refractivity contribution >= 4 is 33.0 Å². The Hall–Kier alpha value is -4.70. The fourth-order valence-corrected chi connectivity index (χ4v) is 5.28. The largest absolute Gasteiger partial charge is 0.456 e. The van der Waals surface area contributed by atoms with Crippen LogP contribution in [0.2, 0.25) is 0 Å². The second-order valence-electron chi connectivity index (χ2n) is 9.24. The number of furan rings is 1. The van der Waals surface area contributed by atoms with Crippen LogP contribution < -0.4 is 0 Å². The molecule has 36 heavy (non-hydrogen) atoms.